The number of carbonyl (C=O) groups excluding carboxylic acids is 1. The molecule has 0 aliphatic carbocycles. The van der Waals surface area contributed by atoms with Gasteiger partial charge in [0.2, 0.25) is 0 Å². The van der Waals surface area contributed by atoms with Crippen LogP contribution in [-0.2, 0) is 9.53 Å². The second kappa shape index (κ2) is 38.7. The molecule has 0 saturated carbocycles. The summed E-state index contributed by atoms with van der Waals surface area (Å²) in [6.07, 6.45) is 49.7. The summed E-state index contributed by atoms with van der Waals surface area (Å²) in [7, 11) is 0. The molecule has 0 aromatic carbocycles. The smallest absolute Gasteiger partial charge is 0.305 e. The summed E-state index contributed by atoms with van der Waals surface area (Å²) in [6.45, 7) is 7.41. The molecule has 0 aromatic rings. The number of rotatable bonds is 38. The molecule has 0 unspecified atom stereocenters. The largest absolute Gasteiger partial charge is 0.466 e. The Labute approximate surface area is 279 Å². The van der Waals surface area contributed by atoms with E-state index in [0.29, 0.717) is 13.0 Å². The van der Waals surface area contributed by atoms with Gasteiger partial charge in [-0.05, 0) is 18.8 Å². The molecule has 0 aliphatic rings. The van der Waals surface area contributed by atoms with E-state index in [1.165, 1.54) is 205 Å². The molecule has 2 nitrogen and oxygen atoms in total. The van der Waals surface area contributed by atoms with Crippen molar-refractivity contribution in [1.29, 1.82) is 0 Å². The molecule has 0 fully saturated rings. The van der Waals surface area contributed by atoms with Crippen LogP contribution in [0.2, 0.25) is 0 Å². The quantitative estimate of drug-likeness (QED) is 0.0507. The Bertz CT molecular complexity index is 528. The fraction of sp³-hybridized carbons (Fsp3) is 0.976. The summed E-state index contributed by atoms with van der Waals surface area (Å²) in [5, 5.41) is 0. The maximum Gasteiger partial charge on any atom is 0.305 e. The lowest BCUT2D eigenvalue weighted by Crippen LogP contribution is -2.05. The minimum atomic E-state index is 0.00879. The lowest BCUT2D eigenvalue weighted by Gasteiger charge is -2.06. The third-order valence-corrected chi connectivity index (χ3v) is 9.67. The van der Waals surface area contributed by atoms with Crippen LogP contribution in [-0.4, -0.2) is 12.6 Å². The van der Waals surface area contributed by atoms with Crippen molar-refractivity contribution < 1.29 is 9.53 Å². The van der Waals surface area contributed by atoms with Crippen LogP contribution in [0.5, 0.6) is 0 Å². The number of carbonyl (C=O) groups is 1. The molecule has 0 bridgehead atoms. The van der Waals surface area contributed by atoms with Crippen molar-refractivity contribution in [3.05, 3.63) is 0 Å². The number of esters is 1. The second-order valence-electron chi connectivity index (χ2n) is 14.8. The van der Waals surface area contributed by atoms with Gasteiger partial charge in [0.05, 0.1) is 6.61 Å². The van der Waals surface area contributed by atoms with Gasteiger partial charge >= 0.3 is 5.97 Å². The average Bonchev–Trinajstić information content (AvgIpc) is 3.01. The fourth-order valence-corrected chi connectivity index (χ4v) is 6.56. The van der Waals surface area contributed by atoms with Crippen LogP contribution in [0, 0.1) is 5.92 Å². The predicted octanol–water partition coefficient (Wildman–Crippen LogP) is 15.2. The van der Waals surface area contributed by atoms with Crippen molar-refractivity contribution in [2.75, 3.05) is 6.61 Å². The van der Waals surface area contributed by atoms with Gasteiger partial charge in [-0.3, -0.25) is 4.79 Å². The van der Waals surface area contributed by atoms with Gasteiger partial charge in [-0.1, -0.05) is 233 Å². The van der Waals surface area contributed by atoms with Crippen LogP contribution in [0.25, 0.3) is 0 Å². The number of hydrogen-bond donors (Lipinski definition) is 0. The predicted molar refractivity (Wildman–Crippen MR) is 198 cm³/mol. The Hall–Kier alpha value is -0.530. The van der Waals surface area contributed by atoms with Gasteiger partial charge in [0.25, 0.3) is 0 Å². The van der Waals surface area contributed by atoms with Crippen molar-refractivity contribution in [2.24, 2.45) is 5.92 Å². The summed E-state index contributed by atoms with van der Waals surface area (Å²) in [4.78, 5) is 11.7. The van der Waals surface area contributed by atoms with Gasteiger partial charge in [0.15, 0.2) is 0 Å². The van der Waals surface area contributed by atoms with Crippen LogP contribution in [0.3, 0.4) is 0 Å². The van der Waals surface area contributed by atoms with Gasteiger partial charge in [-0.25, -0.2) is 0 Å². The Morgan fingerprint density at radius 1 is 0.386 bits per heavy atom. The first-order chi connectivity index (χ1) is 21.7. The van der Waals surface area contributed by atoms with E-state index < -0.39 is 0 Å². The maximum atomic E-state index is 11.7. The Balaban J connectivity index is 3.09. The zero-order valence-electron chi connectivity index (χ0n) is 31.1. The van der Waals surface area contributed by atoms with Crippen molar-refractivity contribution in [3.63, 3.8) is 0 Å². The number of hydrogen-bond acceptors (Lipinski definition) is 2. The fourth-order valence-electron chi connectivity index (χ4n) is 6.56. The van der Waals surface area contributed by atoms with Crippen LogP contribution < -0.4 is 0 Å². The SMILES string of the molecule is CCCCCCCCCCCCCCCCCCCCCCCCCCCCCCCCCCOC(=O)CCCCC(C)C. The molecule has 0 radical (unpaired) electrons. The summed E-state index contributed by atoms with van der Waals surface area (Å²) >= 11 is 0. The van der Waals surface area contributed by atoms with Crippen LogP contribution in [0.4, 0.5) is 0 Å². The van der Waals surface area contributed by atoms with E-state index in [4.69, 9.17) is 4.74 Å². The van der Waals surface area contributed by atoms with E-state index in [1.54, 1.807) is 0 Å². The monoisotopic (exact) mass is 621 g/mol. The van der Waals surface area contributed by atoms with Gasteiger partial charge in [0.1, 0.15) is 0 Å². The standard InChI is InChI=1S/C42H84O2/c1-4-5-6-7-8-9-10-11-12-13-14-15-16-17-18-19-20-21-22-23-24-25-26-27-28-29-30-31-32-33-34-37-40-44-42(43)39-36-35-38-41(2)3/h41H,4-40H2,1-3H3. The molecule has 0 amide bonds. The average molecular weight is 621 g/mol. The minimum absolute atomic E-state index is 0.00879. The van der Waals surface area contributed by atoms with E-state index in [0.717, 1.165) is 25.2 Å². The molecule has 0 atom stereocenters. The third-order valence-electron chi connectivity index (χ3n) is 9.67. The lowest BCUT2D eigenvalue weighted by atomic mass is 10.0. The zero-order valence-corrected chi connectivity index (χ0v) is 31.1. The lowest BCUT2D eigenvalue weighted by molar-refractivity contribution is -0.143. The molecule has 0 aliphatic heterocycles. The van der Waals surface area contributed by atoms with Crippen molar-refractivity contribution in [2.45, 2.75) is 252 Å². The Morgan fingerprint density at radius 2 is 0.659 bits per heavy atom. The maximum absolute atomic E-state index is 11.7. The first kappa shape index (κ1) is 43.5. The molecule has 0 spiro atoms. The first-order valence-corrected chi connectivity index (χ1v) is 20.8. The molecule has 0 N–H and O–H groups in total. The van der Waals surface area contributed by atoms with E-state index in [9.17, 15) is 4.79 Å². The zero-order chi connectivity index (χ0) is 32.0. The highest BCUT2D eigenvalue weighted by Crippen LogP contribution is 2.17. The van der Waals surface area contributed by atoms with Crippen LogP contribution in [0.15, 0.2) is 0 Å². The van der Waals surface area contributed by atoms with Gasteiger partial charge in [0, 0.05) is 6.42 Å². The molecule has 0 saturated heterocycles. The number of unbranched alkanes of at least 4 members (excludes halogenated alkanes) is 32. The van der Waals surface area contributed by atoms with Crippen molar-refractivity contribution >= 4 is 5.97 Å². The molecular weight excluding hydrogens is 536 g/mol. The highest BCUT2D eigenvalue weighted by molar-refractivity contribution is 5.69. The van der Waals surface area contributed by atoms with Crippen LogP contribution in [0.1, 0.15) is 252 Å². The Morgan fingerprint density at radius 3 is 0.932 bits per heavy atom. The van der Waals surface area contributed by atoms with E-state index in [2.05, 4.69) is 20.8 Å². The number of ether oxygens (including phenoxy) is 1. The first-order valence-electron chi connectivity index (χ1n) is 20.8. The molecule has 264 valence electrons. The van der Waals surface area contributed by atoms with Crippen molar-refractivity contribution in [3.8, 4) is 0 Å². The summed E-state index contributed by atoms with van der Waals surface area (Å²) in [5.41, 5.74) is 0. The van der Waals surface area contributed by atoms with Crippen LogP contribution >= 0.6 is 0 Å². The van der Waals surface area contributed by atoms with Gasteiger partial charge < -0.3 is 4.74 Å². The molecular formula is C42H84O2. The normalized spacial score (nSPS) is 11.5. The topological polar surface area (TPSA) is 26.3 Å². The van der Waals surface area contributed by atoms with E-state index >= 15 is 0 Å². The highest BCUT2D eigenvalue weighted by atomic mass is 16.5. The molecule has 44 heavy (non-hydrogen) atoms. The second-order valence-corrected chi connectivity index (χ2v) is 14.8. The minimum Gasteiger partial charge on any atom is -0.466 e. The summed E-state index contributed by atoms with van der Waals surface area (Å²) < 4.78 is 5.38. The summed E-state index contributed by atoms with van der Waals surface area (Å²) in [5.74, 6) is 0.744. The molecule has 0 heterocycles. The van der Waals surface area contributed by atoms with E-state index in [-0.39, 0.29) is 5.97 Å². The highest BCUT2D eigenvalue weighted by Gasteiger charge is 2.03. The molecule has 0 rings (SSSR count). The Kier molecular flexibility index (Phi) is 38.2. The molecule has 2 heteroatoms. The third kappa shape index (κ3) is 39.5. The summed E-state index contributed by atoms with van der Waals surface area (Å²) in [6, 6.07) is 0. The molecule has 0 aromatic heterocycles. The van der Waals surface area contributed by atoms with E-state index in [1.807, 2.05) is 0 Å². The van der Waals surface area contributed by atoms with Gasteiger partial charge in [-0.15, -0.1) is 0 Å². The van der Waals surface area contributed by atoms with Gasteiger partial charge in [-0.2, -0.15) is 0 Å². The van der Waals surface area contributed by atoms with Crippen molar-refractivity contribution in [1.82, 2.24) is 0 Å².